The molecule has 0 radical (unpaired) electrons. The number of hydrogen-bond donors (Lipinski definition) is 2. The monoisotopic (exact) mass is 316 g/mol. The normalized spacial score (nSPS) is 21.9. The molecule has 2 atom stereocenters. The second-order valence-electron chi connectivity index (χ2n) is 4.91. The minimum Gasteiger partial charge on any atom is -0.389 e. The molecule has 0 bridgehead atoms. The SMILES string of the molecule is CCSC1CCC(Nc2c(F)cc(C(N)=S)cc2F)C1. The van der Waals surface area contributed by atoms with Gasteiger partial charge in [-0.2, -0.15) is 11.8 Å². The van der Waals surface area contributed by atoms with Crippen LogP contribution in [0.15, 0.2) is 12.1 Å². The topological polar surface area (TPSA) is 38.0 Å². The van der Waals surface area contributed by atoms with Gasteiger partial charge in [-0.25, -0.2) is 8.78 Å². The van der Waals surface area contributed by atoms with E-state index in [2.05, 4.69) is 12.2 Å². The number of halogens is 2. The van der Waals surface area contributed by atoms with Gasteiger partial charge >= 0.3 is 0 Å². The Balaban J connectivity index is 2.09. The molecule has 2 rings (SSSR count). The van der Waals surface area contributed by atoms with E-state index in [-0.39, 0.29) is 22.3 Å². The van der Waals surface area contributed by atoms with Crippen molar-refractivity contribution in [1.29, 1.82) is 0 Å². The van der Waals surface area contributed by atoms with Gasteiger partial charge in [0, 0.05) is 16.9 Å². The highest BCUT2D eigenvalue weighted by atomic mass is 32.2. The predicted octanol–water partition coefficient (Wildman–Crippen LogP) is 3.69. The third-order valence-corrected chi connectivity index (χ3v) is 4.93. The molecule has 0 saturated heterocycles. The van der Waals surface area contributed by atoms with Gasteiger partial charge in [0.2, 0.25) is 0 Å². The summed E-state index contributed by atoms with van der Waals surface area (Å²) >= 11 is 6.64. The van der Waals surface area contributed by atoms with Crippen LogP contribution in [0, 0.1) is 11.6 Å². The molecule has 6 heteroatoms. The standard InChI is InChI=1S/C14H18F2N2S2/c1-2-20-10-4-3-9(7-10)18-13-11(15)5-8(14(17)19)6-12(13)16/h5-6,9-10,18H,2-4,7H2,1H3,(H2,17,19). The van der Waals surface area contributed by atoms with Gasteiger partial charge in [-0.05, 0) is 37.1 Å². The first kappa shape index (κ1) is 15.5. The van der Waals surface area contributed by atoms with E-state index in [1.165, 1.54) is 12.1 Å². The summed E-state index contributed by atoms with van der Waals surface area (Å²) in [7, 11) is 0. The Morgan fingerprint density at radius 3 is 2.60 bits per heavy atom. The second kappa shape index (κ2) is 6.72. The zero-order chi connectivity index (χ0) is 14.7. The highest BCUT2D eigenvalue weighted by molar-refractivity contribution is 7.99. The van der Waals surface area contributed by atoms with E-state index in [0.717, 1.165) is 25.0 Å². The van der Waals surface area contributed by atoms with E-state index in [4.69, 9.17) is 18.0 Å². The average Bonchev–Trinajstić information content (AvgIpc) is 2.81. The first-order chi connectivity index (χ1) is 9.51. The predicted molar refractivity (Wildman–Crippen MR) is 85.4 cm³/mol. The third kappa shape index (κ3) is 3.61. The molecule has 110 valence electrons. The van der Waals surface area contributed by atoms with Crippen molar-refractivity contribution in [2.45, 2.75) is 37.5 Å². The molecular formula is C14H18F2N2S2. The summed E-state index contributed by atoms with van der Waals surface area (Å²) in [5.41, 5.74) is 5.53. The molecule has 1 aromatic rings. The number of anilines is 1. The summed E-state index contributed by atoms with van der Waals surface area (Å²) in [6.07, 6.45) is 2.96. The first-order valence-corrected chi connectivity index (χ1v) is 8.14. The highest BCUT2D eigenvalue weighted by Crippen LogP contribution is 2.32. The quantitative estimate of drug-likeness (QED) is 0.813. The summed E-state index contributed by atoms with van der Waals surface area (Å²) in [5.74, 6) is -0.207. The summed E-state index contributed by atoms with van der Waals surface area (Å²) in [6.45, 7) is 2.12. The van der Waals surface area contributed by atoms with Crippen LogP contribution in [0.1, 0.15) is 31.7 Å². The molecule has 0 spiro atoms. The van der Waals surface area contributed by atoms with E-state index in [1.54, 1.807) is 0 Å². The summed E-state index contributed by atoms with van der Waals surface area (Å²) in [6, 6.07) is 2.49. The van der Waals surface area contributed by atoms with Gasteiger partial charge in [-0.1, -0.05) is 19.1 Å². The Morgan fingerprint density at radius 2 is 2.05 bits per heavy atom. The molecule has 0 heterocycles. The third-order valence-electron chi connectivity index (χ3n) is 3.46. The lowest BCUT2D eigenvalue weighted by Gasteiger charge is -2.16. The summed E-state index contributed by atoms with van der Waals surface area (Å²) in [5, 5.41) is 3.57. The number of thiocarbonyl (C=S) groups is 1. The zero-order valence-electron chi connectivity index (χ0n) is 11.3. The van der Waals surface area contributed by atoms with Crippen LogP contribution in [0.5, 0.6) is 0 Å². The second-order valence-corrected chi connectivity index (χ2v) is 6.93. The van der Waals surface area contributed by atoms with Crippen molar-refractivity contribution < 1.29 is 8.78 Å². The largest absolute Gasteiger partial charge is 0.389 e. The van der Waals surface area contributed by atoms with Crippen LogP contribution in [0.25, 0.3) is 0 Å². The smallest absolute Gasteiger partial charge is 0.150 e. The molecule has 20 heavy (non-hydrogen) atoms. The van der Waals surface area contributed by atoms with Crippen LogP contribution >= 0.6 is 24.0 Å². The van der Waals surface area contributed by atoms with Crippen LogP contribution in [-0.2, 0) is 0 Å². The van der Waals surface area contributed by atoms with E-state index >= 15 is 0 Å². The maximum Gasteiger partial charge on any atom is 0.150 e. The molecule has 0 aliphatic heterocycles. The van der Waals surface area contributed by atoms with Crippen molar-refractivity contribution in [2.24, 2.45) is 5.73 Å². The van der Waals surface area contributed by atoms with Gasteiger partial charge in [0.25, 0.3) is 0 Å². The van der Waals surface area contributed by atoms with Gasteiger partial charge < -0.3 is 11.1 Å². The van der Waals surface area contributed by atoms with E-state index in [9.17, 15) is 8.78 Å². The Morgan fingerprint density at radius 1 is 1.40 bits per heavy atom. The van der Waals surface area contributed by atoms with Crippen molar-refractivity contribution in [3.63, 3.8) is 0 Å². The molecule has 1 aliphatic rings. The van der Waals surface area contributed by atoms with Crippen LogP contribution < -0.4 is 11.1 Å². The maximum absolute atomic E-state index is 13.9. The molecular weight excluding hydrogens is 298 g/mol. The fourth-order valence-electron chi connectivity index (χ4n) is 2.52. The van der Waals surface area contributed by atoms with Gasteiger partial charge in [-0.15, -0.1) is 0 Å². The lowest BCUT2D eigenvalue weighted by molar-refractivity contribution is 0.581. The summed E-state index contributed by atoms with van der Waals surface area (Å²) in [4.78, 5) is -0.00498. The van der Waals surface area contributed by atoms with E-state index in [1.807, 2.05) is 11.8 Å². The molecule has 1 aromatic carbocycles. The van der Waals surface area contributed by atoms with Gasteiger partial charge in [0.05, 0.1) is 0 Å². The molecule has 2 nitrogen and oxygen atoms in total. The van der Waals surface area contributed by atoms with Crippen molar-refractivity contribution in [3.8, 4) is 0 Å². The van der Waals surface area contributed by atoms with Crippen molar-refractivity contribution >= 4 is 34.7 Å². The minimum atomic E-state index is -0.639. The van der Waals surface area contributed by atoms with Gasteiger partial charge in [-0.3, -0.25) is 0 Å². The Kier molecular flexibility index (Phi) is 5.21. The molecule has 1 saturated carbocycles. The summed E-state index contributed by atoms with van der Waals surface area (Å²) < 4.78 is 27.9. The lowest BCUT2D eigenvalue weighted by atomic mass is 10.1. The van der Waals surface area contributed by atoms with Crippen molar-refractivity contribution in [2.75, 3.05) is 11.1 Å². The number of rotatable bonds is 5. The Bertz CT molecular complexity index is 485. The number of nitrogens with two attached hydrogens (primary N) is 1. The molecule has 1 fully saturated rings. The number of nitrogens with one attached hydrogen (secondary N) is 1. The van der Waals surface area contributed by atoms with Crippen molar-refractivity contribution in [3.05, 3.63) is 29.3 Å². The lowest BCUT2D eigenvalue weighted by Crippen LogP contribution is -2.19. The van der Waals surface area contributed by atoms with Gasteiger partial charge in [0.1, 0.15) is 22.3 Å². The fraction of sp³-hybridized carbons (Fsp3) is 0.500. The van der Waals surface area contributed by atoms with E-state index < -0.39 is 11.6 Å². The maximum atomic E-state index is 13.9. The minimum absolute atomic E-state index is 0.00498. The molecule has 3 N–H and O–H groups in total. The number of thioether (sulfide) groups is 1. The molecule has 0 aromatic heterocycles. The van der Waals surface area contributed by atoms with Crippen LogP contribution in [0.4, 0.5) is 14.5 Å². The van der Waals surface area contributed by atoms with Crippen LogP contribution in [-0.4, -0.2) is 22.0 Å². The molecule has 1 aliphatic carbocycles. The Hall–Kier alpha value is -0.880. The average molecular weight is 316 g/mol. The van der Waals surface area contributed by atoms with Crippen molar-refractivity contribution in [1.82, 2.24) is 0 Å². The molecule has 2 unspecified atom stereocenters. The van der Waals surface area contributed by atoms with E-state index in [0.29, 0.717) is 5.25 Å². The Labute approximate surface area is 127 Å². The van der Waals surface area contributed by atoms with Gasteiger partial charge in [0.15, 0.2) is 0 Å². The molecule has 0 amide bonds. The highest BCUT2D eigenvalue weighted by Gasteiger charge is 2.26. The number of benzene rings is 1. The first-order valence-electron chi connectivity index (χ1n) is 6.68. The zero-order valence-corrected chi connectivity index (χ0v) is 12.9. The fourth-order valence-corrected chi connectivity index (χ4v) is 3.78. The van der Waals surface area contributed by atoms with Crippen LogP contribution in [0.2, 0.25) is 0 Å². The number of hydrogen-bond acceptors (Lipinski definition) is 3. The van der Waals surface area contributed by atoms with Crippen LogP contribution in [0.3, 0.4) is 0 Å².